The number of nitrogens with one attached hydrogen (secondary N) is 2. The van der Waals surface area contributed by atoms with Gasteiger partial charge in [-0.2, -0.15) is 0 Å². The van der Waals surface area contributed by atoms with Crippen LogP contribution in [0.4, 0.5) is 11.6 Å². The molecule has 0 fully saturated rings. The van der Waals surface area contributed by atoms with E-state index >= 15 is 0 Å². The normalized spacial score (nSPS) is 10.9. The molecule has 5 nitrogen and oxygen atoms in total. The summed E-state index contributed by atoms with van der Waals surface area (Å²) in [4.78, 5) is 16.4. The number of benzene rings is 1. The Balaban J connectivity index is 1.71. The van der Waals surface area contributed by atoms with Crippen molar-refractivity contribution < 1.29 is 0 Å². The van der Waals surface area contributed by atoms with Crippen molar-refractivity contribution in [2.45, 2.75) is 6.92 Å². The maximum Gasteiger partial charge on any atom is 0.227 e. The molecular weight excluding hydrogens is 297 g/mol. The molecule has 1 aromatic carbocycles. The molecule has 0 atom stereocenters. The van der Waals surface area contributed by atoms with Gasteiger partial charge in [-0.25, -0.2) is 15.0 Å². The van der Waals surface area contributed by atoms with Crippen LogP contribution in [0.2, 0.25) is 0 Å². The van der Waals surface area contributed by atoms with E-state index in [2.05, 4.69) is 52.2 Å². The number of rotatable bonds is 3. The van der Waals surface area contributed by atoms with Crippen LogP contribution < -0.4 is 10.8 Å². The molecule has 24 heavy (non-hydrogen) atoms. The van der Waals surface area contributed by atoms with Gasteiger partial charge in [-0.05, 0) is 37.3 Å². The Bertz CT molecular complexity index is 1020. The maximum absolute atomic E-state index is 4.66. The second kappa shape index (κ2) is 5.81. The molecule has 0 aliphatic rings. The first-order chi connectivity index (χ1) is 11.7. The van der Waals surface area contributed by atoms with E-state index in [1.165, 1.54) is 11.0 Å². The molecule has 0 saturated carbocycles. The van der Waals surface area contributed by atoms with Crippen LogP contribution in [0.1, 0.15) is 5.56 Å². The summed E-state index contributed by atoms with van der Waals surface area (Å²) in [5, 5.41) is 4.33. The van der Waals surface area contributed by atoms with E-state index in [9.17, 15) is 0 Å². The standard InChI is InChI=1S/C18H16BN5/c1-11-2-3-12(10-15(11)19)23-18-22-9-6-16(24-18)13-4-7-20-17-14(13)5-8-21-17/h2-10H,19H2,1H3,(H,20,21)(H,22,23,24). The van der Waals surface area contributed by atoms with Crippen molar-refractivity contribution in [3.05, 3.63) is 60.6 Å². The fourth-order valence-corrected chi connectivity index (χ4v) is 2.70. The smallest absolute Gasteiger partial charge is 0.227 e. The highest BCUT2D eigenvalue weighted by atomic mass is 15.1. The first-order valence-corrected chi connectivity index (χ1v) is 7.80. The van der Waals surface area contributed by atoms with Gasteiger partial charge in [0.05, 0.1) is 5.69 Å². The molecule has 6 heteroatoms. The second-order valence-electron chi connectivity index (χ2n) is 5.79. The number of aromatic nitrogens is 4. The summed E-state index contributed by atoms with van der Waals surface area (Å²) in [5.41, 5.74) is 6.24. The Kier molecular flexibility index (Phi) is 3.50. The van der Waals surface area contributed by atoms with Crippen molar-refractivity contribution in [2.24, 2.45) is 0 Å². The number of nitrogens with zero attached hydrogens (tertiary/aromatic N) is 3. The minimum atomic E-state index is 0.580. The molecule has 0 spiro atoms. The number of aromatic amines is 1. The third-order valence-electron chi connectivity index (χ3n) is 4.15. The molecule has 0 aliphatic heterocycles. The number of H-pyrrole nitrogens is 1. The lowest BCUT2D eigenvalue weighted by molar-refractivity contribution is 1.17. The number of hydrogen-bond donors (Lipinski definition) is 2. The van der Waals surface area contributed by atoms with E-state index in [0.717, 1.165) is 28.0 Å². The van der Waals surface area contributed by atoms with Gasteiger partial charge in [-0.3, -0.25) is 0 Å². The average molecular weight is 313 g/mol. The quantitative estimate of drug-likeness (QED) is 0.570. The maximum atomic E-state index is 4.66. The lowest BCUT2D eigenvalue weighted by Crippen LogP contribution is -2.08. The second-order valence-corrected chi connectivity index (χ2v) is 5.79. The summed E-state index contributed by atoms with van der Waals surface area (Å²) in [6, 6.07) is 12.1. The van der Waals surface area contributed by atoms with Gasteiger partial charge in [0.2, 0.25) is 5.95 Å². The Hall–Kier alpha value is -3.15. The van der Waals surface area contributed by atoms with Crippen LogP contribution >= 0.6 is 0 Å². The molecule has 2 N–H and O–H groups in total. The zero-order valence-electron chi connectivity index (χ0n) is 13.5. The lowest BCUT2D eigenvalue weighted by Gasteiger charge is -2.09. The lowest BCUT2D eigenvalue weighted by atomic mass is 9.91. The van der Waals surface area contributed by atoms with Gasteiger partial charge in [0.15, 0.2) is 0 Å². The van der Waals surface area contributed by atoms with Crippen LogP contribution in [0.15, 0.2) is 55.0 Å². The molecule has 4 rings (SSSR count). The van der Waals surface area contributed by atoms with Gasteiger partial charge >= 0.3 is 0 Å². The van der Waals surface area contributed by atoms with Crippen LogP contribution in [0.3, 0.4) is 0 Å². The largest absolute Gasteiger partial charge is 0.346 e. The monoisotopic (exact) mass is 313 g/mol. The third kappa shape index (κ3) is 2.62. The Morgan fingerprint density at radius 1 is 1.04 bits per heavy atom. The molecule has 0 unspecified atom stereocenters. The number of fused-ring (bicyclic) bond motifs is 1. The van der Waals surface area contributed by atoms with Gasteiger partial charge < -0.3 is 10.3 Å². The predicted molar refractivity (Wildman–Crippen MR) is 99.8 cm³/mol. The van der Waals surface area contributed by atoms with Crippen molar-refractivity contribution in [1.29, 1.82) is 0 Å². The van der Waals surface area contributed by atoms with Gasteiger partial charge in [0.25, 0.3) is 0 Å². The van der Waals surface area contributed by atoms with Gasteiger partial charge in [-0.15, -0.1) is 0 Å². The van der Waals surface area contributed by atoms with Crippen LogP contribution in [0.5, 0.6) is 0 Å². The van der Waals surface area contributed by atoms with Crippen LogP contribution in [-0.4, -0.2) is 27.8 Å². The fourth-order valence-electron chi connectivity index (χ4n) is 2.70. The number of pyridine rings is 1. The summed E-state index contributed by atoms with van der Waals surface area (Å²) >= 11 is 0. The summed E-state index contributed by atoms with van der Waals surface area (Å²) in [6.07, 6.45) is 5.44. The highest BCUT2D eigenvalue weighted by Gasteiger charge is 2.08. The zero-order chi connectivity index (χ0) is 16.5. The SMILES string of the molecule is Bc1cc(Nc2nccc(-c3ccnc4[nH]ccc34)n2)ccc1C. The van der Waals surface area contributed by atoms with Crippen molar-refractivity contribution in [2.75, 3.05) is 5.32 Å². The molecule has 0 saturated heterocycles. The number of aryl methyl sites for hydroxylation is 1. The van der Waals surface area contributed by atoms with Crippen LogP contribution in [-0.2, 0) is 0 Å². The summed E-state index contributed by atoms with van der Waals surface area (Å²) < 4.78 is 0. The van der Waals surface area contributed by atoms with Gasteiger partial charge in [0, 0.05) is 35.2 Å². The van der Waals surface area contributed by atoms with Crippen LogP contribution in [0, 0.1) is 6.92 Å². The molecule has 0 amide bonds. The van der Waals surface area contributed by atoms with E-state index in [0.29, 0.717) is 5.95 Å². The molecule has 0 radical (unpaired) electrons. The summed E-state index contributed by atoms with van der Waals surface area (Å²) in [6.45, 7) is 2.10. The first kappa shape index (κ1) is 14.4. The first-order valence-electron chi connectivity index (χ1n) is 7.80. The average Bonchev–Trinajstić information content (AvgIpc) is 3.07. The van der Waals surface area contributed by atoms with Gasteiger partial charge in [0.1, 0.15) is 13.5 Å². The van der Waals surface area contributed by atoms with Crippen molar-refractivity contribution in [1.82, 2.24) is 19.9 Å². The van der Waals surface area contributed by atoms with Gasteiger partial charge in [-0.1, -0.05) is 17.1 Å². The Morgan fingerprint density at radius 3 is 2.79 bits per heavy atom. The van der Waals surface area contributed by atoms with E-state index in [1.54, 1.807) is 12.4 Å². The zero-order valence-corrected chi connectivity index (χ0v) is 13.5. The highest BCUT2D eigenvalue weighted by molar-refractivity contribution is 6.33. The van der Waals surface area contributed by atoms with Crippen molar-refractivity contribution >= 4 is 36.0 Å². The molecule has 3 aromatic heterocycles. The summed E-state index contributed by atoms with van der Waals surface area (Å²) in [5.74, 6) is 0.580. The van der Waals surface area contributed by atoms with E-state index in [1.807, 2.05) is 30.5 Å². The topological polar surface area (TPSA) is 66.5 Å². The Labute approximate surface area is 140 Å². The minimum Gasteiger partial charge on any atom is -0.346 e. The van der Waals surface area contributed by atoms with Crippen molar-refractivity contribution in [3.63, 3.8) is 0 Å². The molecule has 0 bridgehead atoms. The highest BCUT2D eigenvalue weighted by Crippen LogP contribution is 2.26. The number of anilines is 2. The molecule has 3 heterocycles. The van der Waals surface area contributed by atoms with E-state index < -0.39 is 0 Å². The molecule has 0 aliphatic carbocycles. The predicted octanol–water partition coefficient (Wildman–Crippen LogP) is 2.33. The molecule has 116 valence electrons. The molecule has 4 aromatic rings. The Morgan fingerprint density at radius 2 is 1.92 bits per heavy atom. The third-order valence-corrected chi connectivity index (χ3v) is 4.15. The van der Waals surface area contributed by atoms with E-state index in [4.69, 9.17) is 0 Å². The van der Waals surface area contributed by atoms with Crippen LogP contribution in [0.25, 0.3) is 22.3 Å². The van der Waals surface area contributed by atoms with Crippen molar-refractivity contribution in [3.8, 4) is 11.3 Å². The minimum absolute atomic E-state index is 0.580. The fraction of sp³-hybridized carbons (Fsp3) is 0.0556. The molecular formula is C18H16BN5. The summed E-state index contributed by atoms with van der Waals surface area (Å²) in [7, 11) is 2.09. The van der Waals surface area contributed by atoms with E-state index in [-0.39, 0.29) is 0 Å². The number of hydrogen-bond acceptors (Lipinski definition) is 4.